The summed E-state index contributed by atoms with van der Waals surface area (Å²) in [6, 6.07) is 10.3. The molecule has 0 heterocycles. The van der Waals surface area contributed by atoms with Crippen LogP contribution in [-0.2, 0) is 0 Å². The molecular formula is C14H15BrO. The first-order valence-electron chi connectivity index (χ1n) is 5.39. The quantitative estimate of drug-likeness (QED) is 0.821. The van der Waals surface area contributed by atoms with Gasteiger partial charge in [-0.2, -0.15) is 0 Å². The molecule has 16 heavy (non-hydrogen) atoms. The second kappa shape index (κ2) is 4.56. The second-order valence-corrected chi connectivity index (χ2v) is 5.84. The average molecular weight is 279 g/mol. The molecule has 0 aromatic heterocycles. The molecule has 0 saturated heterocycles. The molecule has 1 aromatic rings. The Morgan fingerprint density at radius 3 is 2.56 bits per heavy atom. The molecule has 2 heteroatoms. The molecule has 0 fully saturated rings. The monoisotopic (exact) mass is 278 g/mol. The summed E-state index contributed by atoms with van der Waals surface area (Å²) in [5.41, 5.74) is 3.81. The molecule has 84 valence electrons. The van der Waals surface area contributed by atoms with E-state index in [2.05, 4.69) is 41.1 Å². The zero-order valence-electron chi connectivity index (χ0n) is 9.28. The van der Waals surface area contributed by atoms with E-state index in [4.69, 9.17) is 0 Å². The van der Waals surface area contributed by atoms with E-state index >= 15 is 0 Å². The van der Waals surface area contributed by atoms with E-state index in [0.29, 0.717) is 0 Å². The fourth-order valence-electron chi connectivity index (χ4n) is 2.04. The first-order valence-corrected chi connectivity index (χ1v) is 6.18. The molecule has 0 radical (unpaired) electrons. The van der Waals surface area contributed by atoms with Crippen LogP contribution in [0.2, 0.25) is 0 Å². The van der Waals surface area contributed by atoms with Crippen LogP contribution in [0, 0.1) is 0 Å². The molecule has 1 aliphatic rings. The topological polar surface area (TPSA) is 20.2 Å². The SMILES string of the molecule is CC1=C(c2ccccc2)C=CC(Br)(CO)C1. The van der Waals surface area contributed by atoms with Gasteiger partial charge in [0.1, 0.15) is 0 Å². The Bertz CT molecular complexity index is 433. The molecule has 0 saturated carbocycles. The van der Waals surface area contributed by atoms with Crippen LogP contribution >= 0.6 is 15.9 Å². The predicted molar refractivity (Wildman–Crippen MR) is 71.5 cm³/mol. The normalized spacial score (nSPS) is 24.9. The average Bonchev–Trinajstić information content (AvgIpc) is 2.30. The van der Waals surface area contributed by atoms with Crippen LogP contribution in [0.3, 0.4) is 0 Å². The molecule has 1 N–H and O–H groups in total. The van der Waals surface area contributed by atoms with Crippen LogP contribution in [0.4, 0.5) is 0 Å². The van der Waals surface area contributed by atoms with Crippen molar-refractivity contribution in [2.75, 3.05) is 6.61 Å². The predicted octanol–water partition coefficient (Wildman–Crippen LogP) is 3.55. The zero-order chi connectivity index (χ0) is 11.6. The molecule has 1 aromatic carbocycles. The molecule has 2 rings (SSSR count). The Balaban J connectivity index is 2.33. The highest BCUT2D eigenvalue weighted by molar-refractivity contribution is 9.10. The van der Waals surface area contributed by atoms with Crippen LogP contribution in [0.5, 0.6) is 0 Å². The number of alkyl halides is 1. The molecule has 1 atom stereocenters. The van der Waals surface area contributed by atoms with Gasteiger partial charge in [0, 0.05) is 0 Å². The number of benzene rings is 1. The first-order chi connectivity index (χ1) is 7.64. The summed E-state index contributed by atoms with van der Waals surface area (Å²) in [6.07, 6.45) is 4.99. The Morgan fingerprint density at radius 1 is 1.31 bits per heavy atom. The maximum atomic E-state index is 9.30. The van der Waals surface area contributed by atoms with Crippen molar-refractivity contribution in [2.24, 2.45) is 0 Å². The summed E-state index contributed by atoms with van der Waals surface area (Å²) < 4.78 is -0.268. The number of allylic oxidation sites excluding steroid dienone is 3. The summed E-state index contributed by atoms with van der Waals surface area (Å²) in [4.78, 5) is 0. The fraction of sp³-hybridized carbons (Fsp3) is 0.286. The van der Waals surface area contributed by atoms with Crippen molar-refractivity contribution in [1.82, 2.24) is 0 Å². The van der Waals surface area contributed by atoms with Gasteiger partial charge in [-0.25, -0.2) is 0 Å². The molecule has 1 unspecified atom stereocenters. The summed E-state index contributed by atoms with van der Waals surface area (Å²) in [5.74, 6) is 0. The molecule has 0 spiro atoms. The van der Waals surface area contributed by atoms with Crippen molar-refractivity contribution >= 4 is 21.5 Å². The van der Waals surface area contributed by atoms with Gasteiger partial charge in [-0.3, -0.25) is 0 Å². The Labute approximate surface area is 105 Å². The van der Waals surface area contributed by atoms with E-state index in [1.54, 1.807) is 0 Å². The second-order valence-electron chi connectivity index (χ2n) is 4.26. The molecular weight excluding hydrogens is 264 g/mol. The van der Waals surface area contributed by atoms with Gasteiger partial charge in [0.05, 0.1) is 10.9 Å². The first kappa shape index (κ1) is 11.6. The van der Waals surface area contributed by atoms with Gasteiger partial charge in [-0.1, -0.05) is 64.0 Å². The van der Waals surface area contributed by atoms with Crippen LogP contribution in [0.25, 0.3) is 5.57 Å². The Morgan fingerprint density at radius 2 is 2.00 bits per heavy atom. The van der Waals surface area contributed by atoms with Gasteiger partial charge < -0.3 is 5.11 Å². The highest BCUT2D eigenvalue weighted by Crippen LogP contribution is 2.36. The minimum absolute atomic E-state index is 0.128. The standard InChI is InChI=1S/C14H15BrO/c1-11-9-14(15,10-16)8-7-13(11)12-5-3-2-4-6-12/h2-8,16H,9-10H2,1H3. The van der Waals surface area contributed by atoms with Crippen molar-refractivity contribution in [3.05, 3.63) is 53.6 Å². The third kappa shape index (κ3) is 2.28. The highest BCUT2D eigenvalue weighted by atomic mass is 79.9. The number of hydrogen-bond donors (Lipinski definition) is 1. The van der Waals surface area contributed by atoms with Crippen LogP contribution in [0.1, 0.15) is 18.9 Å². The lowest BCUT2D eigenvalue weighted by Crippen LogP contribution is -2.25. The van der Waals surface area contributed by atoms with Crippen molar-refractivity contribution in [3.63, 3.8) is 0 Å². The molecule has 0 aliphatic heterocycles. The van der Waals surface area contributed by atoms with E-state index in [1.807, 2.05) is 24.3 Å². The summed E-state index contributed by atoms with van der Waals surface area (Å²) in [6.45, 7) is 2.25. The largest absolute Gasteiger partial charge is 0.395 e. The van der Waals surface area contributed by atoms with Gasteiger partial charge in [0.2, 0.25) is 0 Å². The van der Waals surface area contributed by atoms with Gasteiger partial charge in [0.25, 0.3) is 0 Å². The minimum atomic E-state index is -0.268. The lowest BCUT2D eigenvalue weighted by molar-refractivity contribution is 0.270. The van der Waals surface area contributed by atoms with E-state index in [1.165, 1.54) is 16.7 Å². The minimum Gasteiger partial charge on any atom is -0.395 e. The number of hydrogen-bond acceptors (Lipinski definition) is 1. The summed E-state index contributed by atoms with van der Waals surface area (Å²) in [5, 5.41) is 9.30. The van der Waals surface area contributed by atoms with E-state index in [0.717, 1.165) is 6.42 Å². The van der Waals surface area contributed by atoms with E-state index < -0.39 is 0 Å². The van der Waals surface area contributed by atoms with Gasteiger partial charge in [-0.05, 0) is 24.5 Å². The molecule has 1 aliphatic carbocycles. The van der Waals surface area contributed by atoms with E-state index in [-0.39, 0.29) is 10.9 Å². The van der Waals surface area contributed by atoms with E-state index in [9.17, 15) is 5.11 Å². The lowest BCUT2D eigenvalue weighted by Gasteiger charge is -2.27. The summed E-state index contributed by atoms with van der Waals surface area (Å²) >= 11 is 3.56. The number of aliphatic hydroxyl groups excluding tert-OH is 1. The van der Waals surface area contributed by atoms with Crippen molar-refractivity contribution in [2.45, 2.75) is 17.7 Å². The van der Waals surface area contributed by atoms with Gasteiger partial charge >= 0.3 is 0 Å². The summed E-state index contributed by atoms with van der Waals surface area (Å²) in [7, 11) is 0. The number of rotatable bonds is 2. The van der Waals surface area contributed by atoms with Crippen LogP contribution < -0.4 is 0 Å². The lowest BCUT2D eigenvalue weighted by atomic mass is 9.87. The highest BCUT2D eigenvalue weighted by Gasteiger charge is 2.26. The van der Waals surface area contributed by atoms with Crippen LogP contribution in [-0.4, -0.2) is 16.0 Å². The molecule has 1 nitrogen and oxygen atoms in total. The van der Waals surface area contributed by atoms with Gasteiger partial charge in [-0.15, -0.1) is 0 Å². The molecule has 0 bridgehead atoms. The third-order valence-corrected chi connectivity index (χ3v) is 3.71. The third-order valence-electron chi connectivity index (χ3n) is 2.92. The van der Waals surface area contributed by atoms with Crippen molar-refractivity contribution in [3.8, 4) is 0 Å². The molecule has 0 amide bonds. The Hall–Kier alpha value is -0.860. The zero-order valence-corrected chi connectivity index (χ0v) is 10.9. The van der Waals surface area contributed by atoms with Crippen molar-refractivity contribution < 1.29 is 5.11 Å². The fourth-order valence-corrected chi connectivity index (χ4v) is 2.59. The number of aliphatic hydroxyl groups is 1. The van der Waals surface area contributed by atoms with Crippen molar-refractivity contribution in [1.29, 1.82) is 0 Å². The smallest absolute Gasteiger partial charge is 0.0707 e. The Kier molecular flexibility index (Phi) is 3.31. The number of halogens is 1. The van der Waals surface area contributed by atoms with Crippen LogP contribution in [0.15, 0.2) is 48.1 Å². The maximum Gasteiger partial charge on any atom is 0.0707 e. The van der Waals surface area contributed by atoms with Gasteiger partial charge in [0.15, 0.2) is 0 Å². The maximum absolute atomic E-state index is 9.30.